The normalized spacial score (nSPS) is 20.8. The third-order valence-electron chi connectivity index (χ3n) is 4.01. The first-order valence-electron chi connectivity index (χ1n) is 6.87. The van der Waals surface area contributed by atoms with Crippen LogP contribution in [-0.4, -0.2) is 11.8 Å². The van der Waals surface area contributed by atoms with Gasteiger partial charge in [-0.25, -0.2) is 0 Å². The van der Waals surface area contributed by atoms with Gasteiger partial charge in [0.25, 0.3) is 0 Å². The van der Waals surface area contributed by atoms with E-state index in [4.69, 9.17) is 0 Å². The minimum Gasteiger partial charge on any atom is -0.296 e. The summed E-state index contributed by atoms with van der Waals surface area (Å²) in [7, 11) is 0. The van der Waals surface area contributed by atoms with Crippen LogP contribution in [0.1, 0.15) is 65.7 Å². The molecule has 1 aliphatic heterocycles. The molecule has 1 unspecified atom stereocenters. The number of rotatable bonds is 7. The number of imide groups is 1. The lowest BCUT2D eigenvalue weighted by Gasteiger charge is -2.34. The highest BCUT2D eigenvalue weighted by molar-refractivity contribution is 6.03. The van der Waals surface area contributed by atoms with Gasteiger partial charge < -0.3 is 0 Å². The summed E-state index contributed by atoms with van der Waals surface area (Å²) in [5, 5.41) is 2.45. The maximum atomic E-state index is 11.8. The Morgan fingerprint density at radius 1 is 1.18 bits per heavy atom. The monoisotopic (exact) mass is 239 g/mol. The van der Waals surface area contributed by atoms with E-state index >= 15 is 0 Å². The van der Waals surface area contributed by atoms with Gasteiger partial charge in [-0.05, 0) is 18.3 Å². The molecule has 0 radical (unpaired) electrons. The minimum absolute atomic E-state index is 0.00225. The highest BCUT2D eigenvalue weighted by Crippen LogP contribution is 2.41. The summed E-state index contributed by atoms with van der Waals surface area (Å²) < 4.78 is 0. The van der Waals surface area contributed by atoms with Crippen LogP contribution in [-0.2, 0) is 9.59 Å². The van der Waals surface area contributed by atoms with Gasteiger partial charge in [0.15, 0.2) is 0 Å². The number of hydrogen-bond acceptors (Lipinski definition) is 2. The van der Waals surface area contributed by atoms with Crippen LogP contribution in [0.3, 0.4) is 0 Å². The van der Waals surface area contributed by atoms with Gasteiger partial charge in [0.2, 0.25) is 11.8 Å². The number of hydrogen-bond donors (Lipinski definition) is 1. The van der Waals surface area contributed by atoms with E-state index in [-0.39, 0.29) is 23.1 Å². The summed E-state index contributed by atoms with van der Waals surface area (Å²) in [4.78, 5) is 23.2. The number of nitrogens with one attached hydrogen (secondary N) is 1. The molecule has 3 heteroatoms. The van der Waals surface area contributed by atoms with E-state index in [1.54, 1.807) is 0 Å². The van der Waals surface area contributed by atoms with Gasteiger partial charge in [-0.1, -0.05) is 46.5 Å². The molecular weight excluding hydrogens is 214 g/mol. The Morgan fingerprint density at radius 2 is 1.71 bits per heavy atom. The van der Waals surface area contributed by atoms with Crippen molar-refractivity contribution in [2.75, 3.05) is 0 Å². The van der Waals surface area contributed by atoms with E-state index in [9.17, 15) is 9.59 Å². The number of unbranched alkanes of at least 4 members (excludes halogenated alkanes) is 2. The molecule has 17 heavy (non-hydrogen) atoms. The van der Waals surface area contributed by atoms with Crippen molar-refractivity contribution in [3.8, 4) is 0 Å². The maximum absolute atomic E-state index is 11.8. The van der Waals surface area contributed by atoms with Crippen LogP contribution < -0.4 is 5.32 Å². The predicted molar refractivity (Wildman–Crippen MR) is 68.4 cm³/mol. The van der Waals surface area contributed by atoms with E-state index in [1.807, 2.05) is 0 Å². The third-order valence-corrected chi connectivity index (χ3v) is 4.01. The molecule has 1 aliphatic rings. The van der Waals surface area contributed by atoms with Gasteiger partial charge in [-0.2, -0.15) is 0 Å². The van der Waals surface area contributed by atoms with Crippen LogP contribution in [0, 0.1) is 11.3 Å². The fourth-order valence-corrected chi connectivity index (χ4v) is 2.75. The van der Waals surface area contributed by atoms with Gasteiger partial charge in [-0.3, -0.25) is 14.9 Å². The van der Waals surface area contributed by atoms with Crippen molar-refractivity contribution in [1.29, 1.82) is 0 Å². The first-order valence-corrected chi connectivity index (χ1v) is 6.87. The fourth-order valence-electron chi connectivity index (χ4n) is 2.75. The molecule has 0 aromatic carbocycles. The summed E-state index contributed by atoms with van der Waals surface area (Å²) in [5.74, 6) is -0.253. The van der Waals surface area contributed by atoms with Crippen LogP contribution in [0.25, 0.3) is 0 Å². The largest absolute Gasteiger partial charge is 0.296 e. The van der Waals surface area contributed by atoms with Crippen molar-refractivity contribution in [1.82, 2.24) is 5.32 Å². The molecule has 3 nitrogen and oxygen atoms in total. The molecule has 1 fully saturated rings. The van der Waals surface area contributed by atoms with Crippen molar-refractivity contribution in [2.24, 2.45) is 11.3 Å². The number of amides is 2. The Kier molecular flexibility index (Phi) is 5.16. The molecule has 0 aromatic rings. The summed E-state index contributed by atoms with van der Waals surface area (Å²) in [6.45, 7) is 6.52. The van der Waals surface area contributed by atoms with Crippen LogP contribution >= 0.6 is 0 Å². The van der Waals surface area contributed by atoms with E-state index in [2.05, 4.69) is 26.1 Å². The van der Waals surface area contributed by atoms with Gasteiger partial charge in [0, 0.05) is 6.42 Å². The quantitative estimate of drug-likeness (QED) is 0.694. The average Bonchev–Trinajstić information content (AvgIpc) is 2.64. The summed E-state index contributed by atoms with van der Waals surface area (Å²) in [6, 6.07) is 0. The Bertz CT molecular complexity index is 278. The smallest absolute Gasteiger partial charge is 0.230 e. The SMILES string of the molecule is CCCCC(C)(CCCC)C1CC(=O)NC1=O. The molecule has 1 rings (SSSR count). The van der Waals surface area contributed by atoms with E-state index < -0.39 is 0 Å². The second kappa shape index (κ2) is 6.18. The van der Waals surface area contributed by atoms with Crippen LogP contribution in [0.5, 0.6) is 0 Å². The van der Waals surface area contributed by atoms with Crippen molar-refractivity contribution in [3.05, 3.63) is 0 Å². The Labute approximate surface area is 104 Å². The molecule has 1 atom stereocenters. The standard InChI is InChI=1S/C14H25NO2/c1-4-6-8-14(3,9-7-5-2)11-10-12(16)15-13(11)17/h11H,4-10H2,1-3H3,(H,15,16,17). The lowest BCUT2D eigenvalue weighted by atomic mass is 9.69. The van der Waals surface area contributed by atoms with Crippen molar-refractivity contribution in [3.63, 3.8) is 0 Å². The molecule has 98 valence electrons. The van der Waals surface area contributed by atoms with E-state index in [1.165, 1.54) is 0 Å². The Morgan fingerprint density at radius 3 is 2.06 bits per heavy atom. The summed E-state index contributed by atoms with van der Waals surface area (Å²) >= 11 is 0. The zero-order chi connectivity index (χ0) is 12.9. The fraction of sp³-hybridized carbons (Fsp3) is 0.857. The Hall–Kier alpha value is -0.860. The maximum Gasteiger partial charge on any atom is 0.230 e. The second-order valence-corrected chi connectivity index (χ2v) is 5.53. The number of carbonyl (C=O) groups is 2. The van der Waals surface area contributed by atoms with E-state index in [0.29, 0.717) is 6.42 Å². The summed E-state index contributed by atoms with van der Waals surface area (Å²) in [6.07, 6.45) is 7.05. The number of carbonyl (C=O) groups excluding carboxylic acids is 2. The van der Waals surface area contributed by atoms with Gasteiger partial charge in [-0.15, -0.1) is 0 Å². The average molecular weight is 239 g/mol. The lowest BCUT2D eigenvalue weighted by Crippen LogP contribution is -2.33. The molecule has 1 N–H and O–H groups in total. The van der Waals surface area contributed by atoms with Crippen molar-refractivity contribution >= 4 is 11.8 Å². The van der Waals surface area contributed by atoms with Gasteiger partial charge in [0.05, 0.1) is 5.92 Å². The highest BCUT2D eigenvalue weighted by Gasteiger charge is 2.43. The lowest BCUT2D eigenvalue weighted by molar-refractivity contribution is -0.127. The van der Waals surface area contributed by atoms with Crippen molar-refractivity contribution < 1.29 is 9.59 Å². The molecule has 0 aliphatic carbocycles. The van der Waals surface area contributed by atoms with Crippen LogP contribution in [0.2, 0.25) is 0 Å². The topological polar surface area (TPSA) is 46.2 Å². The molecule has 0 spiro atoms. The third kappa shape index (κ3) is 3.55. The first kappa shape index (κ1) is 14.2. The second-order valence-electron chi connectivity index (χ2n) is 5.53. The molecule has 1 heterocycles. The molecule has 0 aromatic heterocycles. The zero-order valence-corrected chi connectivity index (χ0v) is 11.3. The minimum atomic E-state index is -0.104. The molecule has 0 saturated carbocycles. The first-order chi connectivity index (χ1) is 8.03. The molecule has 2 amide bonds. The molecular formula is C14H25NO2. The van der Waals surface area contributed by atoms with Gasteiger partial charge in [0.1, 0.15) is 0 Å². The van der Waals surface area contributed by atoms with Crippen molar-refractivity contribution in [2.45, 2.75) is 65.7 Å². The van der Waals surface area contributed by atoms with Crippen LogP contribution in [0.15, 0.2) is 0 Å². The summed E-state index contributed by atoms with van der Waals surface area (Å²) in [5.41, 5.74) is 0.00225. The zero-order valence-electron chi connectivity index (χ0n) is 11.3. The van der Waals surface area contributed by atoms with E-state index in [0.717, 1.165) is 38.5 Å². The Balaban J connectivity index is 2.73. The van der Waals surface area contributed by atoms with Gasteiger partial charge >= 0.3 is 0 Å². The highest BCUT2D eigenvalue weighted by atomic mass is 16.2. The molecule has 1 saturated heterocycles. The predicted octanol–water partition coefficient (Wildman–Crippen LogP) is 3.04. The van der Waals surface area contributed by atoms with Crippen LogP contribution in [0.4, 0.5) is 0 Å². The molecule has 0 bridgehead atoms.